The zero-order valence-electron chi connectivity index (χ0n) is 7.64. The van der Waals surface area contributed by atoms with Crippen LogP contribution >= 0.6 is 0 Å². The van der Waals surface area contributed by atoms with Gasteiger partial charge in [-0.1, -0.05) is 25.1 Å². The van der Waals surface area contributed by atoms with Crippen LogP contribution in [0, 0.1) is 0 Å². The molecule has 0 saturated carbocycles. The first-order chi connectivity index (χ1) is 6.40. The Kier molecular flexibility index (Phi) is 2.13. The minimum atomic E-state index is 0.986. The van der Waals surface area contributed by atoms with Gasteiger partial charge in [-0.05, 0) is 18.6 Å². The largest absolute Gasteiger partial charge is 0.306 e. The topological polar surface area (TPSA) is 17.8 Å². The fourth-order valence-electron chi connectivity index (χ4n) is 1.29. The zero-order valence-corrected chi connectivity index (χ0v) is 7.64. The molecule has 0 fully saturated rings. The van der Waals surface area contributed by atoms with Gasteiger partial charge in [-0.25, -0.2) is 4.98 Å². The maximum Gasteiger partial charge on any atom is 0.0995 e. The Bertz CT molecular complexity index is 376. The highest BCUT2D eigenvalue weighted by Crippen LogP contribution is 2.07. The van der Waals surface area contributed by atoms with E-state index in [1.165, 1.54) is 0 Å². The number of hydrogen-bond acceptors (Lipinski definition) is 1. The van der Waals surface area contributed by atoms with Crippen molar-refractivity contribution in [1.82, 2.24) is 9.55 Å². The van der Waals surface area contributed by atoms with Crippen LogP contribution in [0.4, 0.5) is 0 Å². The third-order valence-electron chi connectivity index (χ3n) is 2.05. The first-order valence-corrected chi connectivity index (χ1v) is 4.48. The van der Waals surface area contributed by atoms with Crippen LogP contribution in [-0.4, -0.2) is 9.55 Å². The summed E-state index contributed by atoms with van der Waals surface area (Å²) in [5.41, 5.74) is 2.29. The fourth-order valence-corrected chi connectivity index (χ4v) is 1.29. The number of para-hydroxylation sites is 1. The summed E-state index contributed by atoms with van der Waals surface area (Å²) in [5, 5.41) is 0. The summed E-state index contributed by atoms with van der Waals surface area (Å²) in [6, 6.07) is 10.2. The van der Waals surface area contributed by atoms with E-state index in [2.05, 4.69) is 30.2 Å². The molecule has 1 aromatic carbocycles. The number of rotatable bonds is 2. The Morgan fingerprint density at radius 3 is 2.62 bits per heavy atom. The maximum atomic E-state index is 4.27. The molecule has 0 aliphatic rings. The molecular formula is C11H12N2. The minimum absolute atomic E-state index is 0.986. The summed E-state index contributed by atoms with van der Waals surface area (Å²) in [6.07, 6.45) is 4.91. The van der Waals surface area contributed by atoms with E-state index in [1.807, 2.05) is 29.1 Å². The molecule has 0 bridgehead atoms. The second kappa shape index (κ2) is 3.44. The fraction of sp³-hybridized carbons (Fsp3) is 0.182. The lowest BCUT2D eigenvalue weighted by molar-refractivity contribution is 1.05. The van der Waals surface area contributed by atoms with E-state index in [0.717, 1.165) is 17.8 Å². The number of nitrogens with zero attached hydrogens (tertiary/aromatic N) is 2. The van der Waals surface area contributed by atoms with Crippen molar-refractivity contribution in [3.8, 4) is 5.69 Å². The molecule has 0 N–H and O–H groups in total. The summed E-state index contributed by atoms with van der Waals surface area (Å²) in [6.45, 7) is 2.11. The number of aromatic nitrogens is 2. The Hall–Kier alpha value is -1.57. The highest BCUT2D eigenvalue weighted by atomic mass is 15.0. The average Bonchev–Trinajstić information content (AvgIpc) is 2.67. The number of hydrogen-bond donors (Lipinski definition) is 0. The van der Waals surface area contributed by atoms with Gasteiger partial charge < -0.3 is 4.57 Å². The van der Waals surface area contributed by atoms with Gasteiger partial charge in [-0.15, -0.1) is 0 Å². The number of benzene rings is 1. The normalized spacial score (nSPS) is 10.2. The van der Waals surface area contributed by atoms with E-state index in [9.17, 15) is 0 Å². The smallest absolute Gasteiger partial charge is 0.0995 e. The number of imidazole rings is 1. The first-order valence-electron chi connectivity index (χ1n) is 4.48. The Balaban J connectivity index is 2.36. The standard InChI is InChI=1S/C11H12N2/c1-2-10-8-13(9-12-10)11-6-4-3-5-7-11/h3-9H,2H2,1H3. The van der Waals surface area contributed by atoms with Gasteiger partial charge in [0.05, 0.1) is 12.0 Å². The van der Waals surface area contributed by atoms with Crippen molar-refractivity contribution in [2.45, 2.75) is 13.3 Å². The van der Waals surface area contributed by atoms with Gasteiger partial charge in [0.1, 0.15) is 0 Å². The van der Waals surface area contributed by atoms with E-state index in [1.54, 1.807) is 0 Å². The maximum absolute atomic E-state index is 4.27. The van der Waals surface area contributed by atoms with Gasteiger partial charge in [0.2, 0.25) is 0 Å². The van der Waals surface area contributed by atoms with E-state index >= 15 is 0 Å². The van der Waals surface area contributed by atoms with Gasteiger partial charge in [0.25, 0.3) is 0 Å². The first kappa shape index (κ1) is 8.05. The van der Waals surface area contributed by atoms with Crippen LogP contribution in [0.1, 0.15) is 12.6 Å². The highest BCUT2D eigenvalue weighted by molar-refractivity contribution is 5.31. The predicted molar refractivity (Wildman–Crippen MR) is 52.9 cm³/mol. The second-order valence-corrected chi connectivity index (χ2v) is 2.96. The lowest BCUT2D eigenvalue weighted by atomic mass is 10.3. The molecule has 0 radical (unpaired) electrons. The Morgan fingerprint density at radius 2 is 2.00 bits per heavy atom. The summed E-state index contributed by atoms with van der Waals surface area (Å²) in [5.74, 6) is 0. The van der Waals surface area contributed by atoms with Crippen molar-refractivity contribution in [2.75, 3.05) is 0 Å². The van der Waals surface area contributed by atoms with E-state index in [0.29, 0.717) is 0 Å². The summed E-state index contributed by atoms with van der Waals surface area (Å²) < 4.78 is 2.04. The van der Waals surface area contributed by atoms with Gasteiger partial charge in [-0.3, -0.25) is 0 Å². The van der Waals surface area contributed by atoms with Crippen molar-refractivity contribution in [1.29, 1.82) is 0 Å². The highest BCUT2D eigenvalue weighted by Gasteiger charge is 1.96. The van der Waals surface area contributed by atoms with Crippen molar-refractivity contribution >= 4 is 0 Å². The predicted octanol–water partition coefficient (Wildman–Crippen LogP) is 2.43. The van der Waals surface area contributed by atoms with Crippen LogP contribution in [0.15, 0.2) is 42.9 Å². The summed E-state index contributed by atoms with van der Waals surface area (Å²) in [4.78, 5) is 4.27. The lowest BCUT2D eigenvalue weighted by Gasteiger charge is -1.99. The molecule has 0 saturated heterocycles. The van der Waals surface area contributed by atoms with E-state index in [4.69, 9.17) is 0 Å². The molecule has 2 aromatic rings. The Labute approximate surface area is 77.9 Å². The van der Waals surface area contributed by atoms with E-state index in [-0.39, 0.29) is 0 Å². The summed E-state index contributed by atoms with van der Waals surface area (Å²) >= 11 is 0. The van der Waals surface area contributed by atoms with Crippen LogP contribution in [0.3, 0.4) is 0 Å². The molecule has 0 spiro atoms. The SMILES string of the molecule is CCc1cn(-c2ccccc2)cn1. The van der Waals surface area contributed by atoms with Crippen molar-refractivity contribution in [2.24, 2.45) is 0 Å². The molecular weight excluding hydrogens is 160 g/mol. The van der Waals surface area contributed by atoms with Gasteiger partial charge in [-0.2, -0.15) is 0 Å². The molecule has 0 atom stereocenters. The Morgan fingerprint density at radius 1 is 1.23 bits per heavy atom. The molecule has 13 heavy (non-hydrogen) atoms. The van der Waals surface area contributed by atoms with Crippen molar-refractivity contribution in [3.05, 3.63) is 48.5 Å². The van der Waals surface area contributed by atoms with Gasteiger partial charge in [0, 0.05) is 11.9 Å². The van der Waals surface area contributed by atoms with E-state index < -0.39 is 0 Å². The molecule has 2 heteroatoms. The van der Waals surface area contributed by atoms with Crippen molar-refractivity contribution in [3.63, 3.8) is 0 Å². The number of aryl methyl sites for hydroxylation is 1. The third-order valence-corrected chi connectivity index (χ3v) is 2.05. The molecule has 0 aliphatic carbocycles. The van der Waals surface area contributed by atoms with Crippen LogP contribution in [0.2, 0.25) is 0 Å². The minimum Gasteiger partial charge on any atom is -0.306 e. The van der Waals surface area contributed by atoms with Crippen LogP contribution in [0.5, 0.6) is 0 Å². The molecule has 0 amide bonds. The van der Waals surface area contributed by atoms with Gasteiger partial charge in [0.15, 0.2) is 0 Å². The van der Waals surface area contributed by atoms with Crippen LogP contribution < -0.4 is 0 Å². The molecule has 0 unspecified atom stereocenters. The second-order valence-electron chi connectivity index (χ2n) is 2.96. The monoisotopic (exact) mass is 172 g/mol. The molecule has 1 heterocycles. The quantitative estimate of drug-likeness (QED) is 0.680. The molecule has 2 nitrogen and oxygen atoms in total. The van der Waals surface area contributed by atoms with Gasteiger partial charge >= 0.3 is 0 Å². The zero-order chi connectivity index (χ0) is 9.10. The molecule has 66 valence electrons. The van der Waals surface area contributed by atoms with Crippen molar-refractivity contribution < 1.29 is 0 Å². The molecule has 1 aromatic heterocycles. The molecule has 0 aliphatic heterocycles. The lowest BCUT2D eigenvalue weighted by Crippen LogP contribution is -1.87. The molecule has 2 rings (SSSR count). The third kappa shape index (κ3) is 1.61. The average molecular weight is 172 g/mol. The van der Waals surface area contributed by atoms with Crippen LogP contribution in [0.25, 0.3) is 5.69 Å². The summed E-state index contributed by atoms with van der Waals surface area (Å²) in [7, 11) is 0. The van der Waals surface area contributed by atoms with Crippen LogP contribution in [-0.2, 0) is 6.42 Å².